The molecule has 0 fully saturated rings. The number of nitrogens with two attached hydrogens (primary N) is 1. The molecule has 2 rings (SSSR count). The van der Waals surface area contributed by atoms with Crippen LogP contribution in [-0.4, -0.2) is 11.1 Å². The molecule has 0 amide bonds. The largest absolute Gasteiger partial charge is 0.478 e. The van der Waals surface area contributed by atoms with Gasteiger partial charge in [0.05, 0.1) is 16.0 Å². The third-order valence-corrected chi connectivity index (χ3v) is 3.23. The monoisotopic (exact) mass is 207 g/mol. The van der Waals surface area contributed by atoms with Crippen molar-refractivity contribution in [1.82, 2.24) is 0 Å². The number of aryl methyl sites for hydroxylation is 1. The predicted molar refractivity (Wildman–Crippen MR) is 57.9 cm³/mol. The second kappa shape index (κ2) is 2.99. The highest BCUT2D eigenvalue weighted by atomic mass is 32.1. The van der Waals surface area contributed by atoms with Gasteiger partial charge in [-0.15, -0.1) is 11.3 Å². The number of aromatic carboxylic acids is 1. The lowest BCUT2D eigenvalue weighted by Gasteiger charge is -2.04. The third-order valence-electron chi connectivity index (χ3n) is 2.27. The highest BCUT2D eigenvalue weighted by molar-refractivity contribution is 7.17. The summed E-state index contributed by atoms with van der Waals surface area (Å²) in [6.07, 6.45) is 0. The molecule has 1 heterocycles. The zero-order valence-corrected chi connectivity index (χ0v) is 8.39. The van der Waals surface area contributed by atoms with Gasteiger partial charge in [0.2, 0.25) is 0 Å². The number of benzene rings is 1. The molecular formula is C10H9NO2S. The van der Waals surface area contributed by atoms with E-state index in [4.69, 9.17) is 10.8 Å². The maximum Gasteiger partial charge on any atom is 0.336 e. The van der Waals surface area contributed by atoms with Crippen LogP contribution in [0.3, 0.4) is 0 Å². The summed E-state index contributed by atoms with van der Waals surface area (Å²) >= 11 is 1.53. The maximum absolute atomic E-state index is 10.9. The summed E-state index contributed by atoms with van der Waals surface area (Å²) in [5, 5.41) is 11.8. The van der Waals surface area contributed by atoms with Crippen LogP contribution in [0.5, 0.6) is 0 Å². The number of nitrogen functional groups attached to an aromatic ring is 1. The van der Waals surface area contributed by atoms with Gasteiger partial charge in [0.25, 0.3) is 0 Å². The van der Waals surface area contributed by atoms with Gasteiger partial charge in [-0.2, -0.15) is 0 Å². The van der Waals surface area contributed by atoms with Crippen LogP contribution in [-0.2, 0) is 0 Å². The first-order valence-corrected chi connectivity index (χ1v) is 4.99. The van der Waals surface area contributed by atoms with Gasteiger partial charge in [0, 0.05) is 0 Å². The molecule has 4 heteroatoms. The number of hydrogen-bond acceptors (Lipinski definition) is 3. The van der Waals surface area contributed by atoms with E-state index in [9.17, 15) is 4.79 Å². The molecule has 2 aromatic rings. The first-order chi connectivity index (χ1) is 6.61. The van der Waals surface area contributed by atoms with Crippen LogP contribution in [0.15, 0.2) is 17.5 Å². The summed E-state index contributed by atoms with van der Waals surface area (Å²) in [4.78, 5) is 10.9. The Hall–Kier alpha value is -1.55. The number of fused-ring (bicyclic) bond motifs is 1. The van der Waals surface area contributed by atoms with Gasteiger partial charge in [-0.3, -0.25) is 0 Å². The van der Waals surface area contributed by atoms with E-state index in [1.165, 1.54) is 17.4 Å². The highest BCUT2D eigenvalue weighted by Crippen LogP contribution is 2.31. The molecule has 0 aliphatic heterocycles. The minimum atomic E-state index is -0.928. The second-order valence-electron chi connectivity index (χ2n) is 3.11. The summed E-state index contributed by atoms with van der Waals surface area (Å²) in [7, 11) is 0. The van der Waals surface area contributed by atoms with Gasteiger partial charge in [0.15, 0.2) is 0 Å². The summed E-state index contributed by atoms with van der Waals surface area (Å²) < 4.78 is 0.965. The van der Waals surface area contributed by atoms with Crippen molar-refractivity contribution in [3.05, 3.63) is 28.6 Å². The van der Waals surface area contributed by atoms with Gasteiger partial charge in [-0.05, 0) is 35.4 Å². The Labute approximate surface area is 84.8 Å². The van der Waals surface area contributed by atoms with Crippen molar-refractivity contribution >= 4 is 33.1 Å². The number of carboxylic acid groups (broad SMARTS) is 1. The molecule has 0 spiro atoms. The molecule has 0 unspecified atom stereocenters. The van der Waals surface area contributed by atoms with E-state index in [-0.39, 0.29) is 5.56 Å². The van der Waals surface area contributed by atoms with E-state index < -0.39 is 5.97 Å². The Balaban J connectivity index is 2.88. The average molecular weight is 207 g/mol. The molecule has 0 bridgehead atoms. The van der Waals surface area contributed by atoms with Gasteiger partial charge in [0.1, 0.15) is 0 Å². The lowest BCUT2D eigenvalue weighted by molar-refractivity contribution is 0.0696. The number of anilines is 1. The Kier molecular flexibility index (Phi) is 1.93. The van der Waals surface area contributed by atoms with E-state index in [0.717, 1.165) is 15.6 Å². The van der Waals surface area contributed by atoms with E-state index in [1.807, 2.05) is 11.4 Å². The molecule has 0 radical (unpaired) electrons. The van der Waals surface area contributed by atoms with Crippen LogP contribution >= 0.6 is 11.3 Å². The van der Waals surface area contributed by atoms with Crippen molar-refractivity contribution in [2.45, 2.75) is 6.92 Å². The van der Waals surface area contributed by atoms with Crippen molar-refractivity contribution in [2.24, 2.45) is 0 Å². The zero-order valence-electron chi connectivity index (χ0n) is 7.57. The molecule has 0 saturated heterocycles. The summed E-state index contributed by atoms with van der Waals surface area (Å²) in [5.41, 5.74) is 7.36. The first kappa shape index (κ1) is 9.02. The van der Waals surface area contributed by atoms with Crippen LogP contribution in [0, 0.1) is 6.92 Å². The van der Waals surface area contributed by atoms with Crippen LogP contribution in [0.4, 0.5) is 5.69 Å². The molecule has 1 aromatic carbocycles. The first-order valence-electron chi connectivity index (χ1n) is 4.11. The lowest BCUT2D eigenvalue weighted by Crippen LogP contribution is -2.01. The zero-order chi connectivity index (χ0) is 10.3. The number of carboxylic acids is 1. The Morgan fingerprint density at radius 2 is 2.29 bits per heavy atom. The molecule has 3 N–H and O–H groups in total. The van der Waals surface area contributed by atoms with Crippen LogP contribution < -0.4 is 5.73 Å². The van der Waals surface area contributed by atoms with Gasteiger partial charge in [-0.25, -0.2) is 4.79 Å². The summed E-state index contributed by atoms with van der Waals surface area (Å²) in [5.74, 6) is -0.928. The predicted octanol–water partition coefficient (Wildman–Crippen LogP) is 2.49. The van der Waals surface area contributed by atoms with E-state index in [2.05, 4.69) is 0 Å². The minimum Gasteiger partial charge on any atom is -0.478 e. The Bertz CT molecular complexity index is 516. The molecule has 3 nitrogen and oxygen atoms in total. The Morgan fingerprint density at radius 1 is 1.57 bits per heavy atom. The summed E-state index contributed by atoms with van der Waals surface area (Å²) in [6, 6.07) is 3.43. The average Bonchev–Trinajstić information content (AvgIpc) is 2.59. The lowest BCUT2D eigenvalue weighted by atomic mass is 10.0. The number of hydrogen-bond donors (Lipinski definition) is 2. The Morgan fingerprint density at radius 3 is 2.93 bits per heavy atom. The second-order valence-corrected chi connectivity index (χ2v) is 4.02. The van der Waals surface area contributed by atoms with E-state index in [1.54, 1.807) is 6.92 Å². The molecule has 14 heavy (non-hydrogen) atoms. The van der Waals surface area contributed by atoms with Gasteiger partial charge < -0.3 is 10.8 Å². The molecule has 0 aliphatic rings. The van der Waals surface area contributed by atoms with Crippen molar-refractivity contribution < 1.29 is 9.90 Å². The standard InChI is InChI=1S/C10H9NO2S/c1-5-6-2-3-14-9(6)8(11)4-7(5)10(12)13/h2-4H,11H2,1H3,(H,12,13). The summed E-state index contributed by atoms with van der Waals surface area (Å²) in [6.45, 7) is 1.80. The quantitative estimate of drug-likeness (QED) is 0.706. The molecule has 0 aliphatic carbocycles. The van der Waals surface area contributed by atoms with Crippen molar-refractivity contribution in [2.75, 3.05) is 5.73 Å². The topological polar surface area (TPSA) is 63.3 Å². The molecule has 0 saturated carbocycles. The van der Waals surface area contributed by atoms with Crippen LogP contribution in [0.1, 0.15) is 15.9 Å². The highest BCUT2D eigenvalue weighted by Gasteiger charge is 2.12. The SMILES string of the molecule is Cc1c(C(=O)O)cc(N)c2sccc12. The fraction of sp³-hybridized carbons (Fsp3) is 0.100. The molecule has 0 atom stereocenters. The normalized spacial score (nSPS) is 10.6. The van der Waals surface area contributed by atoms with Crippen molar-refractivity contribution in [3.8, 4) is 0 Å². The fourth-order valence-electron chi connectivity index (χ4n) is 1.52. The number of rotatable bonds is 1. The maximum atomic E-state index is 10.9. The number of thiophene rings is 1. The fourth-order valence-corrected chi connectivity index (χ4v) is 2.41. The molecule has 1 aromatic heterocycles. The van der Waals surface area contributed by atoms with E-state index in [0.29, 0.717) is 5.69 Å². The minimum absolute atomic E-state index is 0.286. The smallest absolute Gasteiger partial charge is 0.336 e. The van der Waals surface area contributed by atoms with Crippen LogP contribution in [0.2, 0.25) is 0 Å². The van der Waals surface area contributed by atoms with E-state index >= 15 is 0 Å². The molecule has 72 valence electrons. The third kappa shape index (κ3) is 1.15. The van der Waals surface area contributed by atoms with Crippen molar-refractivity contribution in [1.29, 1.82) is 0 Å². The molecular weight excluding hydrogens is 198 g/mol. The van der Waals surface area contributed by atoms with Crippen molar-refractivity contribution in [3.63, 3.8) is 0 Å². The van der Waals surface area contributed by atoms with Gasteiger partial charge >= 0.3 is 5.97 Å². The number of carbonyl (C=O) groups is 1. The van der Waals surface area contributed by atoms with Crippen LogP contribution in [0.25, 0.3) is 10.1 Å². The van der Waals surface area contributed by atoms with Gasteiger partial charge in [-0.1, -0.05) is 0 Å².